The van der Waals surface area contributed by atoms with E-state index in [-0.39, 0.29) is 23.5 Å². The highest BCUT2D eigenvalue weighted by Gasteiger charge is 2.54. The Morgan fingerprint density at radius 1 is 0.909 bits per heavy atom. The van der Waals surface area contributed by atoms with Gasteiger partial charge in [-0.2, -0.15) is 0 Å². The zero-order chi connectivity index (χ0) is 15.3. The number of hydrogen-bond donors (Lipinski definition) is 0. The van der Waals surface area contributed by atoms with E-state index in [1.807, 2.05) is 0 Å². The second-order valence-corrected chi connectivity index (χ2v) is 10.2. The van der Waals surface area contributed by atoms with Crippen molar-refractivity contribution in [2.45, 2.75) is 69.9 Å². The zero-order valence-electron chi connectivity index (χ0n) is 13.2. The Labute approximate surface area is 133 Å². The van der Waals surface area contributed by atoms with Crippen LogP contribution in [0.15, 0.2) is 0 Å². The van der Waals surface area contributed by atoms with Gasteiger partial charge in [-0.15, -0.1) is 0 Å². The first kappa shape index (κ1) is 15.0. The van der Waals surface area contributed by atoms with E-state index < -0.39 is 9.84 Å². The molecule has 0 spiro atoms. The van der Waals surface area contributed by atoms with Gasteiger partial charge in [0.2, 0.25) is 5.91 Å². The van der Waals surface area contributed by atoms with Crippen LogP contribution in [0.3, 0.4) is 0 Å². The first-order valence-electron chi connectivity index (χ1n) is 9.08. The average molecular weight is 325 g/mol. The second-order valence-electron chi connectivity index (χ2n) is 7.94. The summed E-state index contributed by atoms with van der Waals surface area (Å²) in [5.74, 6) is 2.41. The molecule has 4 fully saturated rings. The molecule has 22 heavy (non-hydrogen) atoms. The van der Waals surface area contributed by atoms with Crippen molar-refractivity contribution in [1.29, 1.82) is 0 Å². The first-order chi connectivity index (χ1) is 10.6. The molecule has 4 rings (SSSR count). The summed E-state index contributed by atoms with van der Waals surface area (Å²) in [5, 5.41) is 0. The van der Waals surface area contributed by atoms with Gasteiger partial charge in [-0.05, 0) is 50.4 Å². The minimum Gasteiger partial charge on any atom is -0.335 e. The summed E-state index contributed by atoms with van der Waals surface area (Å²) in [6.07, 6.45) is 10.1. The lowest BCUT2D eigenvalue weighted by molar-refractivity contribution is -0.138. The summed E-state index contributed by atoms with van der Waals surface area (Å²) in [6.45, 7) is 0. The monoisotopic (exact) mass is 325 g/mol. The molecule has 3 aliphatic carbocycles. The van der Waals surface area contributed by atoms with E-state index in [1.165, 1.54) is 32.1 Å². The third-order valence-corrected chi connectivity index (χ3v) is 7.96. The van der Waals surface area contributed by atoms with Crippen LogP contribution in [-0.2, 0) is 14.6 Å². The number of amides is 1. The number of hydrogen-bond acceptors (Lipinski definition) is 3. The summed E-state index contributed by atoms with van der Waals surface area (Å²) in [7, 11) is -2.93. The molecule has 1 heterocycles. The van der Waals surface area contributed by atoms with Crippen molar-refractivity contribution >= 4 is 15.7 Å². The molecule has 124 valence electrons. The molecule has 0 radical (unpaired) electrons. The predicted molar refractivity (Wildman–Crippen MR) is 85.1 cm³/mol. The fraction of sp³-hybridized carbons (Fsp3) is 0.941. The van der Waals surface area contributed by atoms with Gasteiger partial charge in [-0.25, -0.2) is 8.42 Å². The molecular weight excluding hydrogens is 298 g/mol. The molecule has 3 atom stereocenters. The van der Waals surface area contributed by atoms with E-state index in [0.29, 0.717) is 24.3 Å². The van der Waals surface area contributed by atoms with Crippen molar-refractivity contribution in [3.8, 4) is 0 Å². The van der Waals surface area contributed by atoms with Gasteiger partial charge in [-0.1, -0.05) is 19.3 Å². The lowest BCUT2D eigenvalue weighted by Crippen LogP contribution is -2.49. The van der Waals surface area contributed by atoms with Gasteiger partial charge in [0.05, 0.1) is 11.5 Å². The molecule has 4 nitrogen and oxygen atoms in total. The standard InChI is InChI=1S/C17H27NO3S/c19-17(16-10-15(16)12-6-7-12)18(13-4-2-1-3-5-13)14-8-9-22(20,21)11-14/h12-16H,1-11H2/t14-,15+,16+/m0/s1. The number of carbonyl (C=O) groups excluding carboxylic acids is 1. The number of nitrogens with zero attached hydrogens (tertiary/aromatic N) is 1. The highest BCUT2D eigenvalue weighted by atomic mass is 32.2. The highest BCUT2D eigenvalue weighted by Crippen LogP contribution is 2.55. The molecule has 1 amide bonds. The minimum absolute atomic E-state index is 0.0407. The van der Waals surface area contributed by atoms with Crippen LogP contribution in [0, 0.1) is 17.8 Å². The quantitative estimate of drug-likeness (QED) is 0.797. The Bertz CT molecular complexity index is 548. The smallest absolute Gasteiger partial charge is 0.226 e. The Hall–Kier alpha value is -0.580. The van der Waals surface area contributed by atoms with Crippen molar-refractivity contribution in [3.63, 3.8) is 0 Å². The topological polar surface area (TPSA) is 54.5 Å². The molecule has 4 aliphatic rings. The molecule has 3 saturated carbocycles. The van der Waals surface area contributed by atoms with Gasteiger partial charge < -0.3 is 4.90 Å². The Kier molecular flexibility index (Phi) is 3.74. The van der Waals surface area contributed by atoms with Crippen LogP contribution in [0.1, 0.15) is 57.8 Å². The number of rotatable bonds is 4. The Morgan fingerprint density at radius 3 is 2.23 bits per heavy atom. The lowest BCUT2D eigenvalue weighted by atomic mass is 9.92. The molecule has 1 saturated heterocycles. The molecule has 5 heteroatoms. The van der Waals surface area contributed by atoms with Crippen molar-refractivity contribution < 1.29 is 13.2 Å². The fourth-order valence-electron chi connectivity index (χ4n) is 4.75. The van der Waals surface area contributed by atoms with Crippen molar-refractivity contribution in [3.05, 3.63) is 0 Å². The molecular formula is C17H27NO3S. The third-order valence-electron chi connectivity index (χ3n) is 6.21. The summed E-state index contributed by atoms with van der Waals surface area (Å²) < 4.78 is 23.8. The maximum absolute atomic E-state index is 13.1. The van der Waals surface area contributed by atoms with Crippen molar-refractivity contribution in [1.82, 2.24) is 4.90 Å². The van der Waals surface area contributed by atoms with E-state index in [9.17, 15) is 13.2 Å². The van der Waals surface area contributed by atoms with Gasteiger partial charge in [0.15, 0.2) is 9.84 Å². The van der Waals surface area contributed by atoms with E-state index in [1.54, 1.807) is 0 Å². The maximum atomic E-state index is 13.1. The minimum atomic E-state index is -2.93. The molecule has 1 aliphatic heterocycles. The average Bonchev–Trinajstić information content (AvgIpc) is 3.37. The van der Waals surface area contributed by atoms with Gasteiger partial charge in [0, 0.05) is 18.0 Å². The van der Waals surface area contributed by atoms with Crippen LogP contribution in [0.4, 0.5) is 0 Å². The van der Waals surface area contributed by atoms with Crippen LogP contribution in [0.5, 0.6) is 0 Å². The van der Waals surface area contributed by atoms with E-state index in [4.69, 9.17) is 0 Å². The second kappa shape index (κ2) is 5.50. The van der Waals surface area contributed by atoms with Gasteiger partial charge >= 0.3 is 0 Å². The van der Waals surface area contributed by atoms with Gasteiger partial charge in [0.1, 0.15) is 0 Å². The van der Waals surface area contributed by atoms with Crippen LogP contribution < -0.4 is 0 Å². The largest absolute Gasteiger partial charge is 0.335 e. The van der Waals surface area contributed by atoms with E-state index in [0.717, 1.165) is 25.2 Å². The third kappa shape index (κ3) is 2.93. The first-order valence-corrected chi connectivity index (χ1v) is 10.9. The van der Waals surface area contributed by atoms with Gasteiger partial charge in [0.25, 0.3) is 0 Å². The van der Waals surface area contributed by atoms with Crippen LogP contribution in [-0.4, -0.2) is 42.8 Å². The predicted octanol–water partition coefficient (Wildman–Crippen LogP) is 2.38. The summed E-state index contributed by atoms with van der Waals surface area (Å²) in [5.41, 5.74) is 0. The molecule has 0 aromatic heterocycles. The number of sulfone groups is 1. The van der Waals surface area contributed by atoms with Crippen molar-refractivity contribution in [2.75, 3.05) is 11.5 Å². The van der Waals surface area contributed by atoms with Crippen LogP contribution in [0.25, 0.3) is 0 Å². The van der Waals surface area contributed by atoms with E-state index in [2.05, 4.69) is 4.90 Å². The lowest BCUT2D eigenvalue weighted by Gasteiger charge is -2.38. The molecule has 0 aromatic rings. The van der Waals surface area contributed by atoms with Gasteiger partial charge in [-0.3, -0.25) is 4.79 Å². The highest BCUT2D eigenvalue weighted by molar-refractivity contribution is 7.91. The summed E-state index contributed by atoms with van der Waals surface area (Å²) >= 11 is 0. The summed E-state index contributed by atoms with van der Waals surface area (Å²) in [6, 6.07) is 0.265. The zero-order valence-corrected chi connectivity index (χ0v) is 14.1. The van der Waals surface area contributed by atoms with Crippen LogP contribution >= 0.6 is 0 Å². The fourth-order valence-corrected chi connectivity index (χ4v) is 6.46. The Balaban J connectivity index is 1.51. The molecule has 0 unspecified atom stereocenters. The number of carbonyl (C=O) groups is 1. The Morgan fingerprint density at radius 2 is 1.64 bits per heavy atom. The molecule has 0 N–H and O–H groups in total. The van der Waals surface area contributed by atoms with E-state index >= 15 is 0 Å². The summed E-state index contributed by atoms with van der Waals surface area (Å²) in [4.78, 5) is 15.1. The van der Waals surface area contributed by atoms with Crippen molar-refractivity contribution in [2.24, 2.45) is 17.8 Å². The normalized spacial score (nSPS) is 37.9. The molecule has 0 aromatic carbocycles. The van der Waals surface area contributed by atoms with Crippen LogP contribution in [0.2, 0.25) is 0 Å². The maximum Gasteiger partial charge on any atom is 0.226 e. The molecule has 0 bridgehead atoms. The SMILES string of the molecule is O=C([C@@H]1C[C@@H]1C1CC1)N(C1CCCCC1)[C@H]1CCS(=O)(=O)C1.